The van der Waals surface area contributed by atoms with Gasteiger partial charge in [0.15, 0.2) is 17.5 Å². The molecule has 0 radical (unpaired) electrons. The number of alkyl halides is 6. The van der Waals surface area contributed by atoms with E-state index in [0.717, 1.165) is 0 Å². The first-order valence-electron chi connectivity index (χ1n) is 10.6. The van der Waals surface area contributed by atoms with Crippen LogP contribution in [-0.2, 0) is 12.4 Å². The lowest BCUT2D eigenvalue weighted by Crippen LogP contribution is -2.29. The highest BCUT2D eigenvalue weighted by atomic mass is 19.4. The van der Waals surface area contributed by atoms with Crippen LogP contribution in [0.3, 0.4) is 0 Å². The zero-order chi connectivity index (χ0) is 27.7. The lowest BCUT2D eigenvalue weighted by molar-refractivity contribution is -0.143. The van der Waals surface area contributed by atoms with Crippen LogP contribution < -0.4 is 5.32 Å². The third-order valence-corrected chi connectivity index (χ3v) is 5.08. The number of carbonyl (C=O) groups is 1. The molecule has 0 bridgehead atoms. The van der Waals surface area contributed by atoms with Gasteiger partial charge in [0.2, 0.25) is 5.82 Å². The summed E-state index contributed by atoms with van der Waals surface area (Å²) in [6.45, 7) is 1.40. The first kappa shape index (κ1) is 26.2. The summed E-state index contributed by atoms with van der Waals surface area (Å²) in [6.07, 6.45) is -6.12. The highest BCUT2D eigenvalue weighted by molar-refractivity contribution is 5.94. The van der Waals surface area contributed by atoms with Gasteiger partial charge in [-0.3, -0.25) is 4.79 Å². The van der Waals surface area contributed by atoms with Crippen molar-refractivity contribution >= 4 is 5.91 Å². The van der Waals surface area contributed by atoms with Crippen LogP contribution in [0.15, 0.2) is 55.0 Å². The number of hydrogen-bond donors (Lipinski definition) is 1. The number of nitrogens with zero attached hydrogens (tertiary/aromatic N) is 7. The molecule has 0 fully saturated rings. The van der Waals surface area contributed by atoms with Gasteiger partial charge in [0, 0.05) is 24.2 Å². The number of nitrogens with one attached hydrogen (secondary N) is 1. The largest absolute Gasteiger partial charge is 0.416 e. The van der Waals surface area contributed by atoms with Crippen LogP contribution in [0, 0.1) is 11.3 Å². The molecule has 1 N–H and O–H groups in total. The van der Waals surface area contributed by atoms with Crippen LogP contribution in [0.2, 0.25) is 0 Å². The van der Waals surface area contributed by atoms with E-state index in [0.29, 0.717) is 12.1 Å². The van der Waals surface area contributed by atoms with Crippen molar-refractivity contribution in [3.05, 3.63) is 83.1 Å². The summed E-state index contributed by atoms with van der Waals surface area (Å²) in [5, 5.41) is 15.6. The minimum Gasteiger partial charge on any atom is -0.342 e. The normalized spacial score (nSPS) is 12.6. The van der Waals surface area contributed by atoms with Crippen molar-refractivity contribution in [2.75, 3.05) is 0 Å². The van der Waals surface area contributed by atoms with Crippen molar-refractivity contribution < 1.29 is 31.1 Å². The van der Waals surface area contributed by atoms with E-state index >= 15 is 0 Å². The summed E-state index contributed by atoms with van der Waals surface area (Å²) in [5.41, 5.74) is -3.86. The number of hydrogen-bond acceptors (Lipinski definition) is 7. The fourth-order valence-corrected chi connectivity index (χ4v) is 3.29. The molecule has 0 saturated heterocycles. The predicted molar refractivity (Wildman–Crippen MR) is 117 cm³/mol. The second-order valence-corrected chi connectivity index (χ2v) is 7.78. The maximum Gasteiger partial charge on any atom is 0.416 e. The van der Waals surface area contributed by atoms with E-state index in [1.165, 1.54) is 42.3 Å². The number of carbonyl (C=O) groups excluding carboxylic acids is 1. The molecule has 1 atom stereocenters. The third-order valence-electron chi connectivity index (χ3n) is 5.08. The van der Waals surface area contributed by atoms with Gasteiger partial charge in [-0.2, -0.15) is 36.3 Å². The Bertz CT molecular complexity index is 1480. The summed E-state index contributed by atoms with van der Waals surface area (Å²) in [7, 11) is 0. The monoisotopic (exact) mass is 532 g/mol. The van der Waals surface area contributed by atoms with E-state index in [-0.39, 0.29) is 34.9 Å². The molecule has 4 aromatic rings. The van der Waals surface area contributed by atoms with Crippen LogP contribution in [0.1, 0.15) is 45.8 Å². The van der Waals surface area contributed by atoms with Crippen molar-refractivity contribution in [2.45, 2.75) is 25.3 Å². The SMILES string of the molecule is CC(NC(=O)c1cc(C(F)(F)F)cc(C(F)(F)F)c1)c1nc(-c2ncccn2)nn1-c1ccc(C#N)cn1. The van der Waals surface area contributed by atoms with Crippen molar-refractivity contribution in [3.8, 4) is 23.5 Å². The summed E-state index contributed by atoms with van der Waals surface area (Å²) in [5.74, 6) is -0.929. The van der Waals surface area contributed by atoms with E-state index in [1.54, 1.807) is 6.07 Å². The zero-order valence-corrected chi connectivity index (χ0v) is 19.1. The Labute approximate surface area is 209 Å². The molecular weight excluding hydrogens is 518 g/mol. The standard InChI is InChI=1S/C23H14F6N8O/c1-12(34-21(38)14-7-15(22(24,25)26)9-16(8-14)23(27,28)29)20-35-19(18-31-5-2-6-32-18)36-37(20)17-4-3-13(10-30)11-33-17/h2-9,11-12H,1H3,(H,34,38). The third kappa shape index (κ3) is 5.59. The van der Waals surface area contributed by atoms with Crippen molar-refractivity contribution in [2.24, 2.45) is 0 Å². The van der Waals surface area contributed by atoms with Gasteiger partial charge in [0.25, 0.3) is 5.91 Å². The average molecular weight is 532 g/mol. The lowest BCUT2D eigenvalue weighted by Gasteiger charge is -2.17. The van der Waals surface area contributed by atoms with E-state index in [9.17, 15) is 31.1 Å². The Morgan fingerprint density at radius 2 is 1.61 bits per heavy atom. The number of rotatable bonds is 5. The highest BCUT2D eigenvalue weighted by Gasteiger charge is 2.37. The van der Waals surface area contributed by atoms with E-state index in [4.69, 9.17) is 5.26 Å². The van der Waals surface area contributed by atoms with Crippen LogP contribution in [0.25, 0.3) is 17.5 Å². The number of aromatic nitrogens is 6. The highest BCUT2D eigenvalue weighted by Crippen LogP contribution is 2.36. The number of nitriles is 1. The number of pyridine rings is 1. The summed E-state index contributed by atoms with van der Waals surface area (Å²) in [6, 6.07) is 5.83. The molecule has 1 aromatic carbocycles. The first-order valence-corrected chi connectivity index (χ1v) is 10.6. The second kappa shape index (κ2) is 9.88. The van der Waals surface area contributed by atoms with E-state index < -0.39 is 41.0 Å². The molecule has 0 spiro atoms. The van der Waals surface area contributed by atoms with Gasteiger partial charge in [-0.1, -0.05) is 0 Å². The predicted octanol–water partition coefficient (Wildman–Crippen LogP) is 4.52. The Balaban J connectivity index is 1.73. The van der Waals surface area contributed by atoms with Crippen LogP contribution in [0.5, 0.6) is 0 Å². The number of benzene rings is 1. The minimum absolute atomic E-state index is 0.00582. The Morgan fingerprint density at radius 3 is 2.13 bits per heavy atom. The summed E-state index contributed by atoms with van der Waals surface area (Å²) < 4.78 is 80.5. The second-order valence-electron chi connectivity index (χ2n) is 7.78. The topological polar surface area (TPSA) is 122 Å². The molecule has 1 unspecified atom stereocenters. The average Bonchev–Trinajstić information content (AvgIpc) is 3.34. The van der Waals surface area contributed by atoms with Gasteiger partial charge in [-0.25, -0.2) is 19.9 Å². The smallest absolute Gasteiger partial charge is 0.342 e. The molecule has 0 aliphatic carbocycles. The number of halogens is 6. The first-order chi connectivity index (χ1) is 17.9. The van der Waals surface area contributed by atoms with Gasteiger partial charge in [-0.15, -0.1) is 5.10 Å². The molecule has 4 rings (SSSR count). The maximum atomic E-state index is 13.2. The van der Waals surface area contributed by atoms with Crippen LogP contribution >= 0.6 is 0 Å². The fourth-order valence-electron chi connectivity index (χ4n) is 3.29. The van der Waals surface area contributed by atoms with Gasteiger partial charge in [-0.05, 0) is 43.3 Å². The maximum absolute atomic E-state index is 13.2. The van der Waals surface area contributed by atoms with Gasteiger partial charge in [0.1, 0.15) is 6.07 Å². The van der Waals surface area contributed by atoms with Crippen LogP contribution in [-0.4, -0.2) is 35.6 Å². The van der Waals surface area contributed by atoms with Crippen LogP contribution in [0.4, 0.5) is 26.3 Å². The molecule has 194 valence electrons. The lowest BCUT2D eigenvalue weighted by atomic mass is 10.0. The Morgan fingerprint density at radius 1 is 0.974 bits per heavy atom. The van der Waals surface area contributed by atoms with Crippen molar-refractivity contribution in [1.29, 1.82) is 5.26 Å². The molecule has 38 heavy (non-hydrogen) atoms. The molecule has 1 amide bonds. The van der Waals surface area contributed by atoms with Crippen molar-refractivity contribution in [1.82, 2.24) is 35.0 Å². The van der Waals surface area contributed by atoms with E-state index in [2.05, 4.69) is 30.4 Å². The van der Waals surface area contributed by atoms with Gasteiger partial charge < -0.3 is 5.32 Å². The Hall–Kier alpha value is -4.87. The summed E-state index contributed by atoms with van der Waals surface area (Å²) >= 11 is 0. The molecular formula is C23H14F6N8O. The molecule has 0 saturated carbocycles. The minimum atomic E-state index is -5.12. The van der Waals surface area contributed by atoms with Gasteiger partial charge >= 0.3 is 12.4 Å². The molecule has 0 aliphatic heterocycles. The summed E-state index contributed by atoms with van der Waals surface area (Å²) in [4.78, 5) is 29.3. The fraction of sp³-hybridized carbons (Fsp3) is 0.174. The quantitative estimate of drug-likeness (QED) is 0.375. The molecule has 3 aromatic heterocycles. The number of amides is 1. The Kier molecular flexibility index (Phi) is 6.81. The van der Waals surface area contributed by atoms with E-state index in [1.807, 2.05) is 6.07 Å². The van der Waals surface area contributed by atoms with Gasteiger partial charge in [0.05, 0.1) is 22.7 Å². The molecule has 9 nitrogen and oxygen atoms in total. The molecule has 0 aliphatic rings. The van der Waals surface area contributed by atoms with Crippen molar-refractivity contribution in [3.63, 3.8) is 0 Å². The zero-order valence-electron chi connectivity index (χ0n) is 19.1. The molecule has 3 heterocycles. The molecule has 15 heteroatoms.